The Balaban J connectivity index is 2.35. The van der Waals surface area contributed by atoms with Crippen molar-refractivity contribution in [3.63, 3.8) is 0 Å². The summed E-state index contributed by atoms with van der Waals surface area (Å²) < 4.78 is 0. The van der Waals surface area contributed by atoms with E-state index in [1.165, 1.54) is 11.3 Å². The molecule has 2 rings (SSSR count). The van der Waals surface area contributed by atoms with Crippen molar-refractivity contribution in [2.75, 3.05) is 5.32 Å². The van der Waals surface area contributed by atoms with E-state index in [1.807, 2.05) is 12.3 Å². The normalized spacial score (nSPS) is 10.5. The predicted molar refractivity (Wildman–Crippen MR) is 80.1 cm³/mol. The lowest BCUT2D eigenvalue weighted by Crippen LogP contribution is -2.02. The lowest BCUT2D eigenvalue weighted by atomic mass is 10.2. The third-order valence-corrected chi connectivity index (χ3v) is 4.50. The standard InChI is InChI=1S/C13H11Cl2NO2S/c1-7-6-19-10(5-11(17)18)13(7)16-9-4-2-3-8(14)12(9)15/h2-4,6,16H,5H2,1H3,(H,17,18). The molecule has 2 aromatic rings. The van der Waals surface area contributed by atoms with Crippen LogP contribution in [0.4, 0.5) is 11.4 Å². The molecule has 0 saturated heterocycles. The van der Waals surface area contributed by atoms with Gasteiger partial charge in [0.15, 0.2) is 0 Å². The van der Waals surface area contributed by atoms with Gasteiger partial charge in [-0.2, -0.15) is 0 Å². The van der Waals surface area contributed by atoms with Crippen LogP contribution in [0.5, 0.6) is 0 Å². The maximum atomic E-state index is 10.8. The average Bonchev–Trinajstić information content (AvgIpc) is 2.67. The van der Waals surface area contributed by atoms with Gasteiger partial charge in [-0.05, 0) is 30.0 Å². The van der Waals surface area contributed by atoms with Crippen LogP contribution in [-0.4, -0.2) is 11.1 Å². The second-order valence-electron chi connectivity index (χ2n) is 4.01. The Morgan fingerprint density at radius 2 is 2.16 bits per heavy atom. The van der Waals surface area contributed by atoms with Crippen LogP contribution >= 0.6 is 34.5 Å². The first-order valence-corrected chi connectivity index (χ1v) is 7.12. The van der Waals surface area contributed by atoms with Gasteiger partial charge >= 0.3 is 5.97 Å². The average molecular weight is 316 g/mol. The van der Waals surface area contributed by atoms with Crippen molar-refractivity contribution in [3.8, 4) is 0 Å². The van der Waals surface area contributed by atoms with Gasteiger partial charge in [0.25, 0.3) is 0 Å². The molecular formula is C13H11Cl2NO2S. The Hall–Kier alpha value is -1.23. The van der Waals surface area contributed by atoms with Crippen LogP contribution in [0, 0.1) is 6.92 Å². The van der Waals surface area contributed by atoms with Gasteiger partial charge in [-0.3, -0.25) is 4.79 Å². The van der Waals surface area contributed by atoms with Gasteiger partial charge in [0.2, 0.25) is 0 Å². The van der Waals surface area contributed by atoms with Gasteiger partial charge in [-0.15, -0.1) is 11.3 Å². The maximum absolute atomic E-state index is 10.8. The first-order chi connectivity index (χ1) is 8.99. The van der Waals surface area contributed by atoms with Crippen molar-refractivity contribution < 1.29 is 9.90 Å². The number of aryl methyl sites for hydroxylation is 1. The number of hydrogen-bond acceptors (Lipinski definition) is 3. The molecule has 3 nitrogen and oxygen atoms in total. The number of carboxylic acids is 1. The van der Waals surface area contributed by atoms with Crippen LogP contribution < -0.4 is 5.32 Å². The minimum atomic E-state index is -0.859. The Kier molecular flexibility index (Phi) is 4.34. The quantitative estimate of drug-likeness (QED) is 0.857. The number of benzene rings is 1. The number of nitrogens with one attached hydrogen (secondary N) is 1. The van der Waals surface area contributed by atoms with Crippen molar-refractivity contribution in [2.24, 2.45) is 0 Å². The second-order valence-corrected chi connectivity index (χ2v) is 5.76. The molecule has 1 aromatic heterocycles. The van der Waals surface area contributed by atoms with Crippen molar-refractivity contribution in [1.82, 2.24) is 0 Å². The fourth-order valence-corrected chi connectivity index (χ4v) is 2.99. The van der Waals surface area contributed by atoms with Crippen molar-refractivity contribution in [1.29, 1.82) is 0 Å². The van der Waals surface area contributed by atoms with Gasteiger partial charge in [0.05, 0.1) is 27.8 Å². The highest BCUT2D eigenvalue weighted by Gasteiger charge is 2.14. The molecule has 0 aliphatic heterocycles. The number of thiophene rings is 1. The number of hydrogen-bond donors (Lipinski definition) is 2. The lowest BCUT2D eigenvalue weighted by Gasteiger charge is -2.11. The Morgan fingerprint density at radius 1 is 1.42 bits per heavy atom. The van der Waals surface area contributed by atoms with Gasteiger partial charge in [0, 0.05) is 4.88 Å². The smallest absolute Gasteiger partial charge is 0.308 e. The van der Waals surface area contributed by atoms with E-state index in [4.69, 9.17) is 28.3 Å². The molecule has 0 saturated carbocycles. The minimum absolute atomic E-state index is 0.0149. The SMILES string of the molecule is Cc1csc(CC(=O)O)c1Nc1cccc(Cl)c1Cl. The molecule has 1 heterocycles. The van der Waals surface area contributed by atoms with Gasteiger partial charge in [0.1, 0.15) is 0 Å². The first kappa shape index (κ1) is 14.2. The van der Waals surface area contributed by atoms with Gasteiger partial charge < -0.3 is 10.4 Å². The Labute approximate surface area is 124 Å². The summed E-state index contributed by atoms with van der Waals surface area (Å²) in [6.45, 7) is 1.92. The first-order valence-electron chi connectivity index (χ1n) is 5.49. The molecule has 100 valence electrons. The van der Waals surface area contributed by atoms with Gasteiger partial charge in [-0.25, -0.2) is 0 Å². The molecule has 19 heavy (non-hydrogen) atoms. The molecule has 1 aromatic carbocycles. The largest absolute Gasteiger partial charge is 0.481 e. The second kappa shape index (κ2) is 5.82. The van der Waals surface area contributed by atoms with Gasteiger partial charge in [-0.1, -0.05) is 29.3 Å². The van der Waals surface area contributed by atoms with Crippen LogP contribution in [0.3, 0.4) is 0 Å². The van der Waals surface area contributed by atoms with E-state index in [0.29, 0.717) is 15.7 Å². The van der Waals surface area contributed by atoms with E-state index < -0.39 is 5.97 Å². The van der Waals surface area contributed by atoms with E-state index in [1.54, 1.807) is 18.2 Å². The molecule has 0 amide bonds. The number of rotatable bonds is 4. The highest BCUT2D eigenvalue weighted by Crippen LogP contribution is 2.36. The summed E-state index contributed by atoms with van der Waals surface area (Å²) in [4.78, 5) is 11.6. The van der Waals surface area contributed by atoms with E-state index in [0.717, 1.165) is 16.1 Å². The zero-order valence-corrected chi connectivity index (χ0v) is 12.4. The molecule has 0 spiro atoms. The molecule has 0 aliphatic carbocycles. The molecule has 0 fully saturated rings. The number of carboxylic acid groups (broad SMARTS) is 1. The van der Waals surface area contributed by atoms with Crippen LogP contribution in [0.15, 0.2) is 23.6 Å². The van der Waals surface area contributed by atoms with Crippen molar-refractivity contribution in [2.45, 2.75) is 13.3 Å². The van der Waals surface area contributed by atoms with Crippen molar-refractivity contribution in [3.05, 3.63) is 44.1 Å². The molecule has 6 heteroatoms. The fraction of sp³-hybridized carbons (Fsp3) is 0.154. The van der Waals surface area contributed by atoms with E-state index in [-0.39, 0.29) is 6.42 Å². The zero-order chi connectivity index (χ0) is 14.0. The van der Waals surface area contributed by atoms with Crippen LogP contribution in [0.2, 0.25) is 10.0 Å². The van der Waals surface area contributed by atoms with Crippen molar-refractivity contribution >= 4 is 51.9 Å². The highest BCUT2D eigenvalue weighted by molar-refractivity contribution is 7.10. The minimum Gasteiger partial charge on any atom is -0.481 e. The van der Waals surface area contributed by atoms with E-state index in [2.05, 4.69) is 5.32 Å². The molecule has 0 atom stereocenters. The van der Waals surface area contributed by atoms with Crippen LogP contribution in [0.1, 0.15) is 10.4 Å². The summed E-state index contributed by atoms with van der Waals surface area (Å²) in [6, 6.07) is 5.29. The molecular weight excluding hydrogens is 305 g/mol. The lowest BCUT2D eigenvalue weighted by molar-refractivity contribution is -0.136. The number of aliphatic carboxylic acids is 1. The number of halogens is 2. The number of carbonyl (C=O) groups is 1. The summed E-state index contributed by atoms with van der Waals surface area (Å²) in [5.74, 6) is -0.859. The summed E-state index contributed by atoms with van der Waals surface area (Å²) in [6.07, 6.45) is -0.0149. The van der Waals surface area contributed by atoms with E-state index >= 15 is 0 Å². The Bertz CT molecular complexity index is 625. The molecule has 0 unspecified atom stereocenters. The van der Waals surface area contributed by atoms with Crippen LogP contribution in [0.25, 0.3) is 0 Å². The Morgan fingerprint density at radius 3 is 2.84 bits per heavy atom. The van der Waals surface area contributed by atoms with Crippen LogP contribution in [-0.2, 0) is 11.2 Å². The molecule has 0 radical (unpaired) electrons. The predicted octanol–water partition coefficient (Wildman–Crippen LogP) is 4.73. The fourth-order valence-electron chi connectivity index (χ4n) is 1.67. The summed E-state index contributed by atoms with van der Waals surface area (Å²) in [5, 5.41) is 14.9. The zero-order valence-electron chi connectivity index (χ0n) is 10.0. The topological polar surface area (TPSA) is 49.3 Å². The monoisotopic (exact) mass is 315 g/mol. The number of anilines is 2. The third kappa shape index (κ3) is 3.21. The highest BCUT2D eigenvalue weighted by atomic mass is 35.5. The molecule has 2 N–H and O–H groups in total. The molecule has 0 aliphatic rings. The summed E-state index contributed by atoms with van der Waals surface area (Å²) in [7, 11) is 0. The molecule has 0 bridgehead atoms. The van der Waals surface area contributed by atoms with E-state index in [9.17, 15) is 4.79 Å². The maximum Gasteiger partial charge on any atom is 0.308 e. The third-order valence-electron chi connectivity index (χ3n) is 2.57. The summed E-state index contributed by atoms with van der Waals surface area (Å²) in [5.41, 5.74) is 2.44. The summed E-state index contributed by atoms with van der Waals surface area (Å²) >= 11 is 13.5.